The van der Waals surface area contributed by atoms with E-state index in [9.17, 15) is 13.2 Å². The molecule has 0 N–H and O–H groups in total. The summed E-state index contributed by atoms with van der Waals surface area (Å²) in [5.74, 6) is -0.0267. The van der Waals surface area contributed by atoms with E-state index in [1.165, 1.54) is 10.6 Å². The first-order valence-corrected chi connectivity index (χ1v) is 9.56. The molecule has 0 radical (unpaired) electrons. The second-order valence-electron chi connectivity index (χ2n) is 5.98. The molecular formula is C15H21N3O4S. The molecule has 2 aliphatic heterocycles. The fourth-order valence-corrected chi connectivity index (χ4v) is 4.35. The van der Waals surface area contributed by atoms with Gasteiger partial charge in [-0.15, -0.1) is 0 Å². The molecule has 0 bridgehead atoms. The average molecular weight is 339 g/mol. The van der Waals surface area contributed by atoms with Crippen LogP contribution in [0.5, 0.6) is 0 Å². The van der Waals surface area contributed by atoms with Crippen molar-refractivity contribution in [3.8, 4) is 0 Å². The zero-order valence-electron chi connectivity index (χ0n) is 13.1. The molecule has 7 nitrogen and oxygen atoms in total. The van der Waals surface area contributed by atoms with Crippen LogP contribution >= 0.6 is 0 Å². The number of rotatable bonds is 3. The van der Waals surface area contributed by atoms with Gasteiger partial charge in [-0.1, -0.05) is 6.07 Å². The standard InChI is InChI=1S/C15H21N3O4S/c1-23(20,21)18-8-9-22-14-5-7-17(11-13(14)18)15(19)10-12-4-2-3-6-16-12/h2-4,6,13-14H,5,7-11H2,1H3/t13-,14-/m0/s1. The molecule has 0 aromatic carbocycles. The quantitative estimate of drug-likeness (QED) is 0.767. The topological polar surface area (TPSA) is 79.8 Å². The Balaban J connectivity index is 1.70. The number of morpholine rings is 1. The van der Waals surface area contributed by atoms with E-state index in [1.54, 1.807) is 11.1 Å². The summed E-state index contributed by atoms with van der Waals surface area (Å²) in [6.45, 7) is 1.73. The van der Waals surface area contributed by atoms with E-state index in [-0.39, 0.29) is 24.5 Å². The van der Waals surface area contributed by atoms with Gasteiger partial charge in [-0.05, 0) is 18.6 Å². The maximum Gasteiger partial charge on any atom is 0.228 e. The van der Waals surface area contributed by atoms with Crippen molar-refractivity contribution in [2.75, 3.05) is 32.5 Å². The lowest BCUT2D eigenvalue weighted by atomic mass is 10.00. The van der Waals surface area contributed by atoms with Crippen LogP contribution in [-0.4, -0.2) is 73.2 Å². The van der Waals surface area contributed by atoms with E-state index in [0.717, 1.165) is 5.69 Å². The van der Waals surface area contributed by atoms with Crippen molar-refractivity contribution >= 4 is 15.9 Å². The first-order chi connectivity index (χ1) is 10.9. The minimum atomic E-state index is -3.30. The van der Waals surface area contributed by atoms with Gasteiger partial charge in [0.1, 0.15) is 0 Å². The van der Waals surface area contributed by atoms with Gasteiger partial charge in [0.15, 0.2) is 0 Å². The molecule has 3 rings (SSSR count). The van der Waals surface area contributed by atoms with Gasteiger partial charge in [0.2, 0.25) is 15.9 Å². The summed E-state index contributed by atoms with van der Waals surface area (Å²) in [6, 6.07) is 5.18. The van der Waals surface area contributed by atoms with Crippen molar-refractivity contribution in [1.82, 2.24) is 14.2 Å². The molecule has 2 fully saturated rings. The molecule has 1 aromatic heterocycles. The Bertz CT molecular complexity index is 665. The van der Waals surface area contributed by atoms with E-state index in [2.05, 4.69) is 4.98 Å². The van der Waals surface area contributed by atoms with Gasteiger partial charge in [-0.3, -0.25) is 9.78 Å². The molecule has 0 spiro atoms. The number of likely N-dealkylation sites (tertiary alicyclic amines) is 1. The summed E-state index contributed by atoms with van der Waals surface area (Å²) in [5.41, 5.74) is 0.722. The lowest BCUT2D eigenvalue weighted by molar-refractivity contribution is -0.138. The number of fused-ring (bicyclic) bond motifs is 1. The number of ether oxygens (including phenoxy) is 1. The van der Waals surface area contributed by atoms with Crippen LogP contribution in [0.3, 0.4) is 0 Å². The highest BCUT2D eigenvalue weighted by molar-refractivity contribution is 7.88. The number of sulfonamides is 1. The minimum Gasteiger partial charge on any atom is -0.375 e. The first-order valence-electron chi connectivity index (χ1n) is 7.71. The summed E-state index contributed by atoms with van der Waals surface area (Å²) in [4.78, 5) is 18.4. The molecule has 0 unspecified atom stereocenters. The minimum absolute atomic E-state index is 0.0267. The fraction of sp³-hybridized carbons (Fsp3) is 0.600. The van der Waals surface area contributed by atoms with Crippen LogP contribution in [-0.2, 0) is 26.0 Å². The maximum absolute atomic E-state index is 12.5. The number of piperidine rings is 1. The Morgan fingerprint density at radius 3 is 2.91 bits per heavy atom. The van der Waals surface area contributed by atoms with E-state index in [1.807, 2.05) is 18.2 Å². The van der Waals surface area contributed by atoms with Crippen LogP contribution in [0, 0.1) is 0 Å². The average Bonchev–Trinajstić information content (AvgIpc) is 2.53. The lowest BCUT2D eigenvalue weighted by Gasteiger charge is -2.45. The highest BCUT2D eigenvalue weighted by Gasteiger charge is 2.41. The summed E-state index contributed by atoms with van der Waals surface area (Å²) < 4.78 is 31.1. The van der Waals surface area contributed by atoms with E-state index < -0.39 is 10.0 Å². The molecule has 1 amide bonds. The molecule has 0 saturated carbocycles. The van der Waals surface area contributed by atoms with Crippen molar-refractivity contribution in [2.24, 2.45) is 0 Å². The van der Waals surface area contributed by atoms with E-state index >= 15 is 0 Å². The Morgan fingerprint density at radius 2 is 2.22 bits per heavy atom. The molecule has 2 saturated heterocycles. The second kappa shape index (κ2) is 6.54. The van der Waals surface area contributed by atoms with Crippen molar-refractivity contribution < 1.29 is 17.9 Å². The highest BCUT2D eigenvalue weighted by atomic mass is 32.2. The second-order valence-corrected chi connectivity index (χ2v) is 7.91. The fourth-order valence-electron chi connectivity index (χ4n) is 3.25. The van der Waals surface area contributed by atoms with Crippen LogP contribution in [0.25, 0.3) is 0 Å². The van der Waals surface area contributed by atoms with Gasteiger partial charge in [0.05, 0.1) is 31.4 Å². The molecule has 3 heterocycles. The third-order valence-corrected chi connectivity index (χ3v) is 5.68. The maximum atomic E-state index is 12.5. The molecule has 23 heavy (non-hydrogen) atoms. The van der Waals surface area contributed by atoms with Gasteiger partial charge in [0, 0.05) is 31.5 Å². The van der Waals surface area contributed by atoms with E-state index in [4.69, 9.17) is 4.74 Å². The Hall–Kier alpha value is -1.51. The van der Waals surface area contributed by atoms with Gasteiger partial charge >= 0.3 is 0 Å². The normalized spacial score (nSPS) is 25.9. The molecule has 126 valence electrons. The number of amides is 1. The third kappa shape index (κ3) is 3.70. The lowest BCUT2D eigenvalue weighted by Crippen LogP contribution is -2.62. The SMILES string of the molecule is CS(=O)(=O)N1CCO[C@H]2CCN(C(=O)Cc3ccccn3)C[C@@H]21. The largest absolute Gasteiger partial charge is 0.375 e. The number of hydrogen-bond acceptors (Lipinski definition) is 5. The van der Waals surface area contributed by atoms with Crippen molar-refractivity contribution in [3.63, 3.8) is 0 Å². The smallest absolute Gasteiger partial charge is 0.228 e. The molecule has 8 heteroatoms. The first kappa shape index (κ1) is 16.4. The number of carbonyl (C=O) groups excluding carboxylic acids is 1. The number of nitrogens with zero attached hydrogens (tertiary/aromatic N) is 3. The van der Waals surface area contributed by atoms with Crippen LogP contribution < -0.4 is 0 Å². The number of aromatic nitrogens is 1. The summed E-state index contributed by atoms with van der Waals surface area (Å²) in [5, 5.41) is 0. The van der Waals surface area contributed by atoms with Crippen LogP contribution in [0.1, 0.15) is 12.1 Å². The van der Waals surface area contributed by atoms with Gasteiger partial charge < -0.3 is 9.64 Å². The van der Waals surface area contributed by atoms with E-state index in [0.29, 0.717) is 32.7 Å². The Labute approximate surface area is 136 Å². The summed E-state index contributed by atoms with van der Waals surface area (Å²) in [7, 11) is -3.30. The highest BCUT2D eigenvalue weighted by Crippen LogP contribution is 2.25. The molecule has 2 atom stereocenters. The van der Waals surface area contributed by atoms with Crippen LogP contribution in [0.4, 0.5) is 0 Å². The predicted molar refractivity (Wildman–Crippen MR) is 84.2 cm³/mol. The van der Waals surface area contributed by atoms with Gasteiger partial charge in [0.25, 0.3) is 0 Å². The third-order valence-electron chi connectivity index (χ3n) is 4.37. The molecule has 0 aliphatic carbocycles. The Kier molecular flexibility index (Phi) is 4.65. The zero-order valence-corrected chi connectivity index (χ0v) is 13.9. The monoisotopic (exact) mass is 339 g/mol. The van der Waals surface area contributed by atoms with Crippen molar-refractivity contribution in [1.29, 1.82) is 0 Å². The number of pyridine rings is 1. The van der Waals surface area contributed by atoms with Crippen LogP contribution in [0.15, 0.2) is 24.4 Å². The summed E-state index contributed by atoms with van der Waals surface area (Å²) in [6.07, 6.45) is 3.64. The number of hydrogen-bond donors (Lipinski definition) is 0. The van der Waals surface area contributed by atoms with Gasteiger partial charge in [-0.2, -0.15) is 4.31 Å². The zero-order chi connectivity index (χ0) is 16.4. The van der Waals surface area contributed by atoms with Crippen LogP contribution in [0.2, 0.25) is 0 Å². The number of carbonyl (C=O) groups is 1. The van der Waals surface area contributed by atoms with Gasteiger partial charge in [-0.25, -0.2) is 8.42 Å². The molecule has 2 aliphatic rings. The Morgan fingerprint density at radius 1 is 1.39 bits per heavy atom. The molecular weight excluding hydrogens is 318 g/mol. The predicted octanol–water partition coefficient (Wildman–Crippen LogP) is -0.115. The van der Waals surface area contributed by atoms with Crippen molar-refractivity contribution in [2.45, 2.75) is 25.0 Å². The summed E-state index contributed by atoms with van der Waals surface area (Å²) >= 11 is 0. The van der Waals surface area contributed by atoms with Crippen molar-refractivity contribution in [3.05, 3.63) is 30.1 Å². The molecule has 1 aromatic rings.